The fourth-order valence-electron chi connectivity index (χ4n) is 4.31. The summed E-state index contributed by atoms with van der Waals surface area (Å²) in [6.07, 6.45) is 6.29. The summed E-state index contributed by atoms with van der Waals surface area (Å²) in [6.45, 7) is 2.32. The van der Waals surface area contributed by atoms with E-state index in [1.54, 1.807) is 24.1 Å². The zero-order valence-electron chi connectivity index (χ0n) is 19.0. The number of benzene rings is 2. The second-order valence-electron chi connectivity index (χ2n) is 8.44. The van der Waals surface area contributed by atoms with Crippen molar-refractivity contribution in [3.63, 3.8) is 0 Å². The first kappa shape index (κ1) is 24.1. The second kappa shape index (κ2) is 11.9. The molecule has 0 bridgehead atoms. The highest BCUT2D eigenvalue weighted by Crippen LogP contribution is 2.21. The number of methoxy groups -OCH3 is 1. The first-order chi connectivity index (χ1) is 15.5. The summed E-state index contributed by atoms with van der Waals surface area (Å²) in [4.78, 5) is 28.4. The molecule has 0 saturated heterocycles. The molecule has 0 radical (unpaired) electrons. The average Bonchev–Trinajstić information content (AvgIpc) is 2.80. The summed E-state index contributed by atoms with van der Waals surface area (Å²) in [5, 5.41) is 3.80. The molecule has 172 valence electrons. The Morgan fingerprint density at radius 2 is 1.81 bits per heavy atom. The molecule has 2 aromatic carbocycles. The van der Waals surface area contributed by atoms with E-state index in [1.807, 2.05) is 43.3 Å². The Balaban J connectivity index is 1.80. The second-order valence-corrected chi connectivity index (χ2v) is 8.88. The van der Waals surface area contributed by atoms with Crippen LogP contribution in [0, 0.1) is 0 Å². The minimum absolute atomic E-state index is 0.0626. The van der Waals surface area contributed by atoms with E-state index in [4.69, 9.17) is 16.3 Å². The van der Waals surface area contributed by atoms with Crippen molar-refractivity contribution < 1.29 is 14.3 Å². The molecule has 2 aromatic rings. The van der Waals surface area contributed by atoms with Crippen molar-refractivity contribution in [1.29, 1.82) is 0 Å². The van der Waals surface area contributed by atoms with E-state index in [0.717, 1.165) is 42.6 Å². The van der Waals surface area contributed by atoms with Gasteiger partial charge in [-0.3, -0.25) is 9.59 Å². The van der Waals surface area contributed by atoms with E-state index in [1.165, 1.54) is 6.42 Å². The van der Waals surface area contributed by atoms with Gasteiger partial charge in [0.2, 0.25) is 11.8 Å². The van der Waals surface area contributed by atoms with Gasteiger partial charge in [-0.15, -0.1) is 0 Å². The Kier molecular flexibility index (Phi) is 8.98. The average molecular weight is 457 g/mol. The van der Waals surface area contributed by atoms with E-state index in [2.05, 4.69) is 5.32 Å². The normalized spacial score (nSPS) is 15.1. The van der Waals surface area contributed by atoms with Gasteiger partial charge in [0.15, 0.2) is 0 Å². The van der Waals surface area contributed by atoms with Gasteiger partial charge in [-0.25, -0.2) is 0 Å². The Hall–Kier alpha value is -2.53. The van der Waals surface area contributed by atoms with Crippen LogP contribution in [0.25, 0.3) is 0 Å². The zero-order valence-corrected chi connectivity index (χ0v) is 19.7. The Bertz CT molecular complexity index is 894. The minimum atomic E-state index is -0.522. The fourth-order valence-corrected chi connectivity index (χ4v) is 4.53. The molecule has 0 aromatic heterocycles. The summed E-state index contributed by atoms with van der Waals surface area (Å²) >= 11 is 6.11. The van der Waals surface area contributed by atoms with E-state index >= 15 is 0 Å². The molecule has 1 saturated carbocycles. The smallest absolute Gasteiger partial charge is 0.243 e. The third-order valence-electron chi connectivity index (χ3n) is 6.09. The van der Waals surface area contributed by atoms with Crippen molar-refractivity contribution >= 4 is 23.4 Å². The molecule has 3 rings (SSSR count). The van der Waals surface area contributed by atoms with Crippen LogP contribution in [-0.2, 0) is 22.6 Å². The van der Waals surface area contributed by atoms with Crippen molar-refractivity contribution in [2.24, 2.45) is 0 Å². The third kappa shape index (κ3) is 6.73. The molecule has 0 aliphatic heterocycles. The molecular formula is C26H33ClN2O3. The van der Waals surface area contributed by atoms with Crippen LogP contribution in [0.15, 0.2) is 48.5 Å². The van der Waals surface area contributed by atoms with E-state index in [-0.39, 0.29) is 24.3 Å². The lowest BCUT2D eigenvalue weighted by molar-refractivity contribution is -0.141. The number of amides is 2. The van der Waals surface area contributed by atoms with Crippen LogP contribution in [0.2, 0.25) is 5.02 Å². The number of hydrogen-bond acceptors (Lipinski definition) is 3. The van der Waals surface area contributed by atoms with Crippen molar-refractivity contribution in [1.82, 2.24) is 10.2 Å². The lowest BCUT2D eigenvalue weighted by Gasteiger charge is -2.33. The molecule has 32 heavy (non-hydrogen) atoms. The van der Waals surface area contributed by atoms with Crippen LogP contribution >= 0.6 is 11.6 Å². The highest BCUT2D eigenvalue weighted by molar-refractivity contribution is 6.30. The van der Waals surface area contributed by atoms with Gasteiger partial charge in [-0.1, -0.05) is 62.1 Å². The molecule has 0 spiro atoms. The summed E-state index contributed by atoms with van der Waals surface area (Å²) < 4.78 is 5.25. The van der Waals surface area contributed by atoms with Crippen LogP contribution in [0.3, 0.4) is 0 Å². The molecule has 5 nitrogen and oxygen atoms in total. The summed E-state index contributed by atoms with van der Waals surface area (Å²) in [5.41, 5.74) is 1.79. The van der Waals surface area contributed by atoms with Crippen LogP contribution < -0.4 is 10.1 Å². The van der Waals surface area contributed by atoms with Crippen molar-refractivity contribution in [3.05, 3.63) is 64.7 Å². The third-order valence-corrected chi connectivity index (χ3v) is 6.33. The maximum atomic E-state index is 13.4. The Morgan fingerprint density at radius 1 is 1.09 bits per heavy atom. The van der Waals surface area contributed by atoms with Gasteiger partial charge >= 0.3 is 0 Å². The number of carbonyl (C=O) groups is 2. The van der Waals surface area contributed by atoms with Crippen molar-refractivity contribution in [3.8, 4) is 5.75 Å². The highest BCUT2D eigenvalue weighted by Gasteiger charge is 2.30. The standard InChI is InChI=1S/C26H33ClN2O3/c1-3-24(26(31)28-22-10-5-4-6-11-22)29(18-19-12-14-23(32-2)15-13-19)25(30)17-20-8-7-9-21(27)16-20/h7-9,12-16,22,24H,3-6,10-11,17-18H2,1-2H3,(H,28,31)/t24-/m1/s1. The highest BCUT2D eigenvalue weighted by atomic mass is 35.5. The number of nitrogens with zero attached hydrogens (tertiary/aromatic N) is 1. The quantitative estimate of drug-likeness (QED) is 0.567. The maximum absolute atomic E-state index is 13.4. The molecule has 0 unspecified atom stereocenters. The molecule has 6 heteroatoms. The molecule has 1 aliphatic rings. The molecule has 0 heterocycles. The summed E-state index contributed by atoms with van der Waals surface area (Å²) in [5.74, 6) is 0.605. The number of carbonyl (C=O) groups excluding carboxylic acids is 2. The van der Waals surface area contributed by atoms with Crippen molar-refractivity contribution in [2.75, 3.05) is 7.11 Å². The molecule has 1 aliphatic carbocycles. The van der Waals surface area contributed by atoms with E-state index in [9.17, 15) is 9.59 Å². The summed E-state index contributed by atoms with van der Waals surface area (Å²) in [6, 6.07) is 14.6. The number of nitrogens with one attached hydrogen (secondary N) is 1. The predicted molar refractivity (Wildman–Crippen MR) is 128 cm³/mol. The van der Waals surface area contributed by atoms with E-state index in [0.29, 0.717) is 18.0 Å². The first-order valence-electron chi connectivity index (χ1n) is 11.5. The van der Waals surface area contributed by atoms with Crippen LogP contribution in [0.5, 0.6) is 5.75 Å². The predicted octanol–water partition coefficient (Wildman–Crippen LogP) is 5.15. The molecule has 1 fully saturated rings. The number of rotatable bonds is 9. The fraction of sp³-hybridized carbons (Fsp3) is 0.462. The van der Waals surface area contributed by atoms with Gasteiger partial charge in [0.25, 0.3) is 0 Å². The van der Waals surface area contributed by atoms with Gasteiger partial charge in [0.05, 0.1) is 13.5 Å². The first-order valence-corrected chi connectivity index (χ1v) is 11.8. The molecule has 1 atom stereocenters. The van der Waals surface area contributed by atoms with Gasteiger partial charge in [-0.05, 0) is 54.7 Å². The van der Waals surface area contributed by atoms with E-state index < -0.39 is 6.04 Å². The topological polar surface area (TPSA) is 58.6 Å². The van der Waals surface area contributed by atoms with Crippen LogP contribution in [0.1, 0.15) is 56.6 Å². The van der Waals surface area contributed by atoms with Crippen molar-refractivity contribution in [2.45, 2.75) is 70.5 Å². The molecular weight excluding hydrogens is 424 g/mol. The zero-order chi connectivity index (χ0) is 22.9. The number of ether oxygens (including phenoxy) is 1. The SMILES string of the molecule is CC[C@H](C(=O)NC1CCCCC1)N(Cc1ccc(OC)cc1)C(=O)Cc1cccc(Cl)c1. The van der Waals surface area contributed by atoms with Gasteiger partial charge in [-0.2, -0.15) is 0 Å². The number of hydrogen-bond donors (Lipinski definition) is 1. The lowest BCUT2D eigenvalue weighted by Crippen LogP contribution is -2.51. The van der Waals surface area contributed by atoms with Gasteiger partial charge in [0, 0.05) is 17.6 Å². The van der Waals surface area contributed by atoms with Crippen LogP contribution in [0.4, 0.5) is 0 Å². The van der Waals surface area contributed by atoms with Crippen LogP contribution in [-0.4, -0.2) is 35.9 Å². The lowest BCUT2D eigenvalue weighted by atomic mass is 9.95. The number of halogens is 1. The monoisotopic (exact) mass is 456 g/mol. The largest absolute Gasteiger partial charge is 0.497 e. The molecule has 2 amide bonds. The molecule has 1 N–H and O–H groups in total. The Labute approximate surface area is 196 Å². The van der Waals surface area contributed by atoms with Gasteiger partial charge in [0.1, 0.15) is 11.8 Å². The summed E-state index contributed by atoms with van der Waals surface area (Å²) in [7, 11) is 1.62. The minimum Gasteiger partial charge on any atom is -0.497 e. The van der Waals surface area contributed by atoms with Gasteiger partial charge < -0.3 is 15.0 Å². The Morgan fingerprint density at radius 3 is 2.44 bits per heavy atom. The maximum Gasteiger partial charge on any atom is 0.243 e.